The van der Waals surface area contributed by atoms with Gasteiger partial charge < -0.3 is 16.4 Å². The molecule has 0 heterocycles. The molecule has 1 atom stereocenters. The third-order valence-corrected chi connectivity index (χ3v) is 5.23. The van der Waals surface area contributed by atoms with Crippen LogP contribution in [0.15, 0.2) is 30.3 Å². The molecule has 0 radical (unpaired) electrons. The summed E-state index contributed by atoms with van der Waals surface area (Å²) in [5, 5.41) is 1.62. The third kappa shape index (κ3) is 6.15. The Morgan fingerprint density at radius 2 is 1.65 bits per heavy atom. The molecule has 1 rings (SSSR count). The standard InChI is InChI=1S/C16H27N2OP/c1-2-3-4-5-6-10-13-15(16(17)18)20(19)14-11-8-7-9-12-14/h7-9,11-12,16H,2-6,10,13,17-18H2,1H3. The van der Waals surface area contributed by atoms with Crippen LogP contribution < -0.4 is 21.7 Å². The van der Waals surface area contributed by atoms with E-state index in [1.165, 1.54) is 25.7 Å². The fraction of sp³-hybridized carbons (Fsp3) is 0.562. The summed E-state index contributed by atoms with van der Waals surface area (Å²) >= 11 is 0. The van der Waals surface area contributed by atoms with Crippen LogP contribution in [0.5, 0.6) is 0 Å². The first kappa shape index (κ1) is 17.3. The van der Waals surface area contributed by atoms with Gasteiger partial charge in [0, 0.05) is 6.42 Å². The Balaban J connectivity index is 2.56. The summed E-state index contributed by atoms with van der Waals surface area (Å²) in [5.41, 5.74) is 11.6. The zero-order valence-electron chi connectivity index (χ0n) is 12.4. The Morgan fingerprint density at radius 1 is 1.05 bits per heavy atom. The topological polar surface area (TPSA) is 75.1 Å². The van der Waals surface area contributed by atoms with Crippen LogP contribution in [-0.4, -0.2) is 11.5 Å². The summed E-state index contributed by atoms with van der Waals surface area (Å²) in [4.78, 5) is 12.5. The molecule has 1 unspecified atom stereocenters. The van der Waals surface area contributed by atoms with Crippen molar-refractivity contribution in [3.63, 3.8) is 0 Å². The van der Waals surface area contributed by atoms with Gasteiger partial charge in [0.15, 0.2) is 0 Å². The number of hydrogen-bond acceptors (Lipinski definition) is 3. The SMILES string of the molecule is CCCCCCCCC(C(N)N)=[P+]([O-])c1ccccc1. The molecule has 1 aromatic carbocycles. The first-order chi connectivity index (χ1) is 9.66. The Kier molecular flexibility index (Phi) is 8.72. The minimum absolute atomic E-state index is 0.588. The Hall–Kier alpha value is -0.730. The number of nitrogens with two attached hydrogens (primary N) is 2. The van der Waals surface area contributed by atoms with Crippen molar-refractivity contribution in [3.8, 4) is 0 Å². The molecular formula is C16H27N2OP. The van der Waals surface area contributed by atoms with Crippen molar-refractivity contribution in [1.82, 2.24) is 0 Å². The summed E-state index contributed by atoms with van der Waals surface area (Å²) < 4.78 is 0. The molecule has 0 bridgehead atoms. The number of benzene rings is 1. The molecule has 1 aromatic rings. The van der Waals surface area contributed by atoms with E-state index < -0.39 is 13.9 Å². The van der Waals surface area contributed by atoms with Crippen LogP contribution in [-0.2, 0) is 0 Å². The van der Waals surface area contributed by atoms with E-state index in [-0.39, 0.29) is 0 Å². The van der Waals surface area contributed by atoms with Crippen LogP contribution in [0.1, 0.15) is 51.9 Å². The number of rotatable bonds is 9. The van der Waals surface area contributed by atoms with E-state index in [9.17, 15) is 4.89 Å². The summed E-state index contributed by atoms with van der Waals surface area (Å²) in [6, 6.07) is 9.47. The summed E-state index contributed by atoms with van der Waals surface area (Å²) in [7, 11) is -1.59. The van der Waals surface area contributed by atoms with Gasteiger partial charge >= 0.3 is 0 Å². The van der Waals surface area contributed by atoms with Crippen molar-refractivity contribution in [3.05, 3.63) is 30.3 Å². The molecule has 0 spiro atoms. The molecule has 4 N–H and O–H groups in total. The molecule has 0 amide bonds. The first-order valence-corrected chi connectivity index (χ1v) is 8.82. The van der Waals surface area contributed by atoms with Crippen molar-refractivity contribution in [2.75, 3.05) is 0 Å². The smallest absolute Gasteiger partial charge is 0.144 e. The second-order valence-electron chi connectivity index (χ2n) is 5.16. The van der Waals surface area contributed by atoms with Gasteiger partial charge in [-0.2, -0.15) is 0 Å². The third-order valence-electron chi connectivity index (χ3n) is 3.42. The highest BCUT2D eigenvalue weighted by Gasteiger charge is 2.17. The lowest BCUT2D eigenvalue weighted by atomic mass is 10.1. The highest BCUT2D eigenvalue weighted by molar-refractivity contribution is 7.59. The minimum atomic E-state index is -1.59. The quantitative estimate of drug-likeness (QED) is 0.416. The van der Waals surface area contributed by atoms with Crippen molar-refractivity contribution in [2.45, 2.75) is 58.0 Å². The van der Waals surface area contributed by atoms with E-state index in [0.717, 1.165) is 29.9 Å². The van der Waals surface area contributed by atoms with Gasteiger partial charge in [-0.25, -0.2) is 0 Å². The van der Waals surface area contributed by atoms with Crippen LogP contribution >= 0.6 is 7.77 Å². The number of unbranched alkanes of at least 4 members (excludes halogenated alkanes) is 5. The first-order valence-electron chi connectivity index (χ1n) is 7.56. The predicted octanol–water partition coefficient (Wildman–Crippen LogP) is 2.24. The monoisotopic (exact) mass is 294 g/mol. The molecular weight excluding hydrogens is 267 g/mol. The van der Waals surface area contributed by atoms with Crippen LogP contribution in [0.4, 0.5) is 0 Å². The van der Waals surface area contributed by atoms with E-state index in [0.29, 0.717) is 0 Å². The lowest BCUT2D eigenvalue weighted by Gasteiger charge is -2.11. The van der Waals surface area contributed by atoms with Crippen LogP contribution in [0, 0.1) is 0 Å². The minimum Gasteiger partial charge on any atom is -0.626 e. The molecule has 0 fully saturated rings. The molecule has 0 aliphatic heterocycles. The predicted molar refractivity (Wildman–Crippen MR) is 88.2 cm³/mol. The molecule has 112 valence electrons. The van der Waals surface area contributed by atoms with Gasteiger partial charge in [-0.05, 0) is 18.6 Å². The molecule has 20 heavy (non-hydrogen) atoms. The molecule has 0 aromatic heterocycles. The van der Waals surface area contributed by atoms with Crippen LogP contribution in [0.2, 0.25) is 0 Å². The summed E-state index contributed by atoms with van der Waals surface area (Å²) in [5.74, 6) is 0. The van der Waals surface area contributed by atoms with Gasteiger partial charge in [0.25, 0.3) is 0 Å². The van der Waals surface area contributed by atoms with Crippen molar-refractivity contribution < 1.29 is 4.89 Å². The van der Waals surface area contributed by atoms with Gasteiger partial charge in [-0.1, -0.05) is 57.2 Å². The fourth-order valence-corrected chi connectivity index (χ4v) is 3.63. The highest BCUT2D eigenvalue weighted by Crippen LogP contribution is 2.18. The average molecular weight is 294 g/mol. The van der Waals surface area contributed by atoms with Gasteiger partial charge in [0.05, 0.1) is 7.77 Å². The zero-order chi connectivity index (χ0) is 14.8. The molecule has 4 heteroatoms. The Morgan fingerprint density at radius 3 is 2.25 bits per heavy atom. The summed E-state index contributed by atoms with van der Waals surface area (Å²) in [6.45, 7) is 2.21. The summed E-state index contributed by atoms with van der Waals surface area (Å²) in [6.07, 6.45) is 7.44. The normalized spacial score (nSPS) is 12.7. The van der Waals surface area contributed by atoms with E-state index >= 15 is 0 Å². The second-order valence-corrected chi connectivity index (χ2v) is 6.84. The van der Waals surface area contributed by atoms with Gasteiger partial charge in [-0.15, -0.1) is 0 Å². The van der Waals surface area contributed by atoms with Gasteiger partial charge in [0.1, 0.15) is 16.8 Å². The average Bonchev–Trinajstić information content (AvgIpc) is 2.46. The Bertz CT molecular complexity index is 404. The fourth-order valence-electron chi connectivity index (χ4n) is 2.22. The maximum absolute atomic E-state index is 12.5. The van der Waals surface area contributed by atoms with Crippen molar-refractivity contribution in [2.24, 2.45) is 11.5 Å². The molecule has 0 saturated heterocycles. The zero-order valence-corrected chi connectivity index (χ0v) is 13.3. The van der Waals surface area contributed by atoms with E-state index in [1.54, 1.807) is 0 Å². The van der Waals surface area contributed by atoms with Crippen molar-refractivity contribution >= 4 is 18.4 Å². The molecule has 0 aliphatic rings. The largest absolute Gasteiger partial charge is 0.626 e. The van der Waals surface area contributed by atoms with E-state index in [2.05, 4.69) is 6.92 Å². The molecule has 0 saturated carbocycles. The molecule has 0 aliphatic carbocycles. The highest BCUT2D eigenvalue weighted by atomic mass is 31.1. The van der Waals surface area contributed by atoms with E-state index in [4.69, 9.17) is 11.5 Å². The van der Waals surface area contributed by atoms with E-state index in [1.807, 2.05) is 30.3 Å². The maximum Gasteiger partial charge on any atom is 0.144 e. The lowest BCUT2D eigenvalue weighted by molar-refractivity contribution is -0.149. The van der Waals surface area contributed by atoms with Crippen LogP contribution in [0.25, 0.3) is 0 Å². The molecule has 3 nitrogen and oxygen atoms in total. The van der Waals surface area contributed by atoms with Gasteiger partial charge in [0.2, 0.25) is 0 Å². The van der Waals surface area contributed by atoms with Crippen molar-refractivity contribution in [1.29, 1.82) is 0 Å². The van der Waals surface area contributed by atoms with Gasteiger partial charge in [-0.3, -0.25) is 0 Å². The number of hydrogen-bond donors (Lipinski definition) is 2. The maximum atomic E-state index is 12.5. The van der Waals surface area contributed by atoms with Crippen LogP contribution in [0.3, 0.4) is 0 Å². The second kappa shape index (κ2) is 10.1. The Labute approximate surface area is 123 Å². The lowest BCUT2D eigenvalue weighted by Crippen LogP contribution is -2.40.